The molecule has 1 heterocycles. The van der Waals surface area contributed by atoms with Crippen LogP contribution >= 0.6 is 0 Å². The average Bonchev–Trinajstić information content (AvgIpc) is 2.48. The number of nitrogen functional groups attached to an aromatic ring is 1. The topological polar surface area (TPSA) is 74.4 Å². The van der Waals surface area contributed by atoms with Crippen molar-refractivity contribution in [3.63, 3.8) is 0 Å². The van der Waals surface area contributed by atoms with E-state index in [1.165, 1.54) is 0 Å². The van der Waals surface area contributed by atoms with E-state index in [0.717, 1.165) is 11.3 Å². The highest BCUT2D eigenvalue weighted by Gasteiger charge is 2.06. The fourth-order valence-electron chi connectivity index (χ4n) is 1.71. The monoisotopic (exact) mass is 286 g/mol. The van der Waals surface area contributed by atoms with Crippen LogP contribution in [-0.4, -0.2) is 17.6 Å². The molecule has 0 unspecified atom stereocenters. The molecule has 0 aliphatic carbocycles. The highest BCUT2D eigenvalue weighted by atomic mass is 16.5. The van der Waals surface area contributed by atoms with E-state index in [0.29, 0.717) is 11.4 Å². The Balaban J connectivity index is 1.70. The zero-order chi connectivity index (χ0) is 15.1. The molecule has 1 aromatic heterocycles. The summed E-state index contributed by atoms with van der Waals surface area (Å²) in [6.45, 7) is 2.39. The Kier molecular flexibility index (Phi) is 5.15. The molecule has 0 fully saturated rings. The number of carbonyl (C=O) groups is 1. The van der Waals surface area contributed by atoms with E-state index in [1.807, 2.05) is 19.1 Å². The number of hydrogen-bond acceptors (Lipinski definition) is 5. The van der Waals surface area contributed by atoms with Gasteiger partial charge in [-0.15, -0.1) is 0 Å². The normalized spacial score (nSPS) is 10.1. The lowest BCUT2D eigenvalue weighted by Crippen LogP contribution is -2.11. The Labute approximate surface area is 123 Å². The van der Waals surface area contributed by atoms with E-state index < -0.39 is 0 Å². The molecule has 0 amide bonds. The van der Waals surface area contributed by atoms with E-state index in [2.05, 4.69) is 4.98 Å². The minimum Gasteiger partial charge on any atom is -0.493 e. The van der Waals surface area contributed by atoms with Crippen LogP contribution in [0.1, 0.15) is 17.7 Å². The second-order valence-corrected chi connectivity index (χ2v) is 4.60. The average molecular weight is 286 g/mol. The molecular weight excluding hydrogens is 268 g/mol. The summed E-state index contributed by atoms with van der Waals surface area (Å²) in [5.74, 6) is 0.369. The number of anilines is 1. The highest BCUT2D eigenvalue weighted by molar-refractivity contribution is 5.69. The maximum Gasteiger partial charge on any atom is 0.309 e. The molecule has 2 rings (SSSR count). The second-order valence-electron chi connectivity index (χ2n) is 4.60. The first-order chi connectivity index (χ1) is 10.1. The molecule has 0 aliphatic heterocycles. The highest BCUT2D eigenvalue weighted by Crippen LogP contribution is 2.13. The molecule has 0 saturated carbocycles. The number of aromatic nitrogens is 1. The number of nitrogens with two attached hydrogens (primary N) is 1. The molecule has 1 aromatic carbocycles. The summed E-state index contributed by atoms with van der Waals surface area (Å²) in [5, 5.41) is 0. The van der Waals surface area contributed by atoms with Crippen LogP contribution in [0.4, 0.5) is 5.69 Å². The van der Waals surface area contributed by atoms with Crippen molar-refractivity contribution >= 4 is 11.7 Å². The number of esters is 1. The van der Waals surface area contributed by atoms with Crippen molar-refractivity contribution < 1.29 is 14.3 Å². The molecule has 0 atom stereocenters. The van der Waals surface area contributed by atoms with Crippen molar-refractivity contribution in [3.8, 4) is 5.75 Å². The Morgan fingerprint density at radius 3 is 2.71 bits per heavy atom. The van der Waals surface area contributed by atoms with Gasteiger partial charge in [0.25, 0.3) is 0 Å². The molecule has 0 radical (unpaired) electrons. The first kappa shape index (κ1) is 14.8. The van der Waals surface area contributed by atoms with E-state index in [-0.39, 0.29) is 25.6 Å². The van der Waals surface area contributed by atoms with Crippen molar-refractivity contribution in [1.29, 1.82) is 0 Å². The van der Waals surface area contributed by atoms with Gasteiger partial charge in [-0.2, -0.15) is 0 Å². The van der Waals surface area contributed by atoms with Gasteiger partial charge in [0.2, 0.25) is 0 Å². The predicted octanol–water partition coefficient (Wildman–Crippen LogP) is 2.48. The molecular formula is C16H18N2O3. The smallest absolute Gasteiger partial charge is 0.309 e. The maximum absolute atomic E-state index is 11.6. The first-order valence-corrected chi connectivity index (χ1v) is 6.69. The molecule has 0 aliphatic rings. The lowest BCUT2D eigenvalue weighted by Gasteiger charge is -2.08. The van der Waals surface area contributed by atoms with Crippen LogP contribution in [0.5, 0.6) is 5.75 Å². The number of rotatable bonds is 6. The molecule has 2 N–H and O–H groups in total. The van der Waals surface area contributed by atoms with Crippen LogP contribution in [0.15, 0.2) is 42.6 Å². The van der Waals surface area contributed by atoms with Crippen LogP contribution < -0.4 is 10.5 Å². The summed E-state index contributed by atoms with van der Waals surface area (Å²) in [6.07, 6.45) is 1.87. The third kappa shape index (κ3) is 4.80. The van der Waals surface area contributed by atoms with Crippen LogP contribution in [0.2, 0.25) is 0 Å². The minimum absolute atomic E-state index is 0.188. The van der Waals surface area contributed by atoms with Crippen LogP contribution in [0.25, 0.3) is 0 Å². The van der Waals surface area contributed by atoms with Crippen molar-refractivity contribution in [2.45, 2.75) is 20.0 Å². The van der Waals surface area contributed by atoms with Gasteiger partial charge in [0, 0.05) is 11.9 Å². The van der Waals surface area contributed by atoms with Crippen molar-refractivity contribution in [1.82, 2.24) is 4.98 Å². The number of benzene rings is 1. The van der Waals surface area contributed by atoms with E-state index in [4.69, 9.17) is 15.2 Å². The molecule has 5 nitrogen and oxygen atoms in total. The summed E-state index contributed by atoms with van der Waals surface area (Å²) in [4.78, 5) is 15.8. The lowest BCUT2D eigenvalue weighted by atomic mass is 10.2. The first-order valence-electron chi connectivity index (χ1n) is 6.69. The third-order valence-electron chi connectivity index (χ3n) is 2.94. The molecule has 21 heavy (non-hydrogen) atoms. The number of nitrogens with zero attached hydrogens (tertiary/aromatic N) is 1. The van der Waals surface area contributed by atoms with Crippen molar-refractivity contribution in [3.05, 3.63) is 53.9 Å². The SMILES string of the molecule is Cc1cccnc1COC(=O)CCOc1ccc(N)cc1. The van der Waals surface area contributed by atoms with E-state index in [9.17, 15) is 4.79 Å². The van der Waals surface area contributed by atoms with Crippen molar-refractivity contribution in [2.75, 3.05) is 12.3 Å². The largest absolute Gasteiger partial charge is 0.493 e. The maximum atomic E-state index is 11.6. The molecule has 0 bridgehead atoms. The van der Waals surface area contributed by atoms with Crippen molar-refractivity contribution in [2.24, 2.45) is 0 Å². The lowest BCUT2D eigenvalue weighted by molar-refractivity contribution is -0.145. The Bertz CT molecular complexity index is 597. The number of hydrogen-bond donors (Lipinski definition) is 1. The number of pyridine rings is 1. The fraction of sp³-hybridized carbons (Fsp3) is 0.250. The van der Waals surface area contributed by atoms with E-state index >= 15 is 0 Å². The molecule has 110 valence electrons. The standard InChI is InChI=1S/C16H18N2O3/c1-12-3-2-9-18-15(12)11-21-16(19)8-10-20-14-6-4-13(17)5-7-14/h2-7,9H,8,10-11,17H2,1H3. The van der Waals surface area contributed by atoms with Gasteiger partial charge in [0.15, 0.2) is 0 Å². The summed E-state index contributed by atoms with van der Waals surface area (Å²) in [7, 11) is 0. The summed E-state index contributed by atoms with van der Waals surface area (Å²) < 4.78 is 10.6. The van der Waals surface area contributed by atoms with Gasteiger partial charge < -0.3 is 15.2 Å². The van der Waals surface area contributed by atoms with Gasteiger partial charge in [0.05, 0.1) is 18.7 Å². The number of ether oxygens (including phenoxy) is 2. The molecule has 2 aromatic rings. The van der Waals surface area contributed by atoms with Gasteiger partial charge in [-0.1, -0.05) is 6.07 Å². The van der Waals surface area contributed by atoms with E-state index in [1.54, 1.807) is 30.5 Å². The number of carbonyl (C=O) groups excluding carboxylic acids is 1. The number of aryl methyl sites for hydroxylation is 1. The van der Waals surface area contributed by atoms with Gasteiger partial charge >= 0.3 is 5.97 Å². The van der Waals surface area contributed by atoms with Gasteiger partial charge in [-0.3, -0.25) is 9.78 Å². The minimum atomic E-state index is -0.310. The zero-order valence-corrected chi connectivity index (χ0v) is 11.9. The predicted molar refractivity (Wildman–Crippen MR) is 79.7 cm³/mol. The van der Waals surface area contributed by atoms with Gasteiger partial charge in [-0.25, -0.2) is 0 Å². The third-order valence-corrected chi connectivity index (χ3v) is 2.94. The Hall–Kier alpha value is -2.56. The zero-order valence-electron chi connectivity index (χ0n) is 11.9. The molecule has 0 saturated heterocycles. The Morgan fingerprint density at radius 1 is 1.24 bits per heavy atom. The summed E-state index contributed by atoms with van der Waals surface area (Å²) in [6, 6.07) is 10.8. The fourth-order valence-corrected chi connectivity index (χ4v) is 1.71. The molecule has 0 spiro atoms. The van der Waals surface area contributed by atoms with Crippen LogP contribution in [-0.2, 0) is 16.1 Å². The summed E-state index contributed by atoms with van der Waals surface area (Å²) >= 11 is 0. The van der Waals surface area contributed by atoms with Crippen LogP contribution in [0.3, 0.4) is 0 Å². The van der Waals surface area contributed by atoms with Crippen LogP contribution in [0, 0.1) is 6.92 Å². The van der Waals surface area contributed by atoms with Gasteiger partial charge in [-0.05, 0) is 42.8 Å². The quantitative estimate of drug-likeness (QED) is 0.652. The molecule has 5 heteroatoms. The Morgan fingerprint density at radius 2 is 2.00 bits per heavy atom. The second kappa shape index (κ2) is 7.28. The summed E-state index contributed by atoms with van der Waals surface area (Å²) in [5.41, 5.74) is 8.02. The van der Waals surface area contributed by atoms with Gasteiger partial charge in [0.1, 0.15) is 12.4 Å².